The van der Waals surface area contributed by atoms with Crippen molar-refractivity contribution in [3.8, 4) is 0 Å². The Hall–Kier alpha value is -0.730. The van der Waals surface area contributed by atoms with Crippen LogP contribution in [-0.4, -0.2) is 28.7 Å². The third kappa shape index (κ3) is 3.29. The fourth-order valence-electron chi connectivity index (χ4n) is 4.17. The van der Waals surface area contributed by atoms with Crippen LogP contribution >= 0.6 is 0 Å². The van der Waals surface area contributed by atoms with E-state index in [-0.39, 0.29) is 11.7 Å². The molecule has 2 bridgehead atoms. The van der Waals surface area contributed by atoms with Crippen LogP contribution in [0.15, 0.2) is 0 Å². The zero-order valence-electron chi connectivity index (χ0n) is 13.8. The number of hydrogen-bond donors (Lipinski definition) is 0. The lowest BCUT2D eigenvalue weighted by atomic mass is 9.78. The fourth-order valence-corrected chi connectivity index (χ4v) is 4.17. The molecule has 2 atom stereocenters. The summed E-state index contributed by atoms with van der Waals surface area (Å²) >= 11 is 0. The first-order valence-electron chi connectivity index (χ1n) is 8.37. The van der Waals surface area contributed by atoms with Gasteiger partial charge in [-0.1, -0.05) is 26.7 Å². The summed E-state index contributed by atoms with van der Waals surface area (Å²) in [6, 6.07) is 0.850. The third-order valence-corrected chi connectivity index (χ3v) is 5.09. The van der Waals surface area contributed by atoms with E-state index in [2.05, 4.69) is 18.7 Å². The Morgan fingerprint density at radius 3 is 2.05 bits per heavy atom. The first-order valence-corrected chi connectivity index (χ1v) is 8.37. The number of amides is 1. The van der Waals surface area contributed by atoms with E-state index in [1.165, 1.54) is 38.5 Å². The third-order valence-electron chi connectivity index (χ3n) is 5.09. The molecule has 2 fully saturated rings. The Kier molecular flexibility index (Phi) is 4.66. The maximum Gasteiger partial charge on any atom is 0.410 e. The Morgan fingerprint density at radius 1 is 1.15 bits per heavy atom. The zero-order valence-corrected chi connectivity index (χ0v) is 13.8. The molecule has 2 heterocycles. The number of hydrogen-bond acceptors (Lipinski definition) is 2. The Labute approximate surface area is 124 Å². The van der Waals surface area contributed by atoms with Gasteiger partial charge in [-0.3, -0.25) is 0 Å². The van der Waals surface area contributed by atoms with Crippen molar-refractivity contribution in [2.45, 2.75) is 90.8 Å². The highest BCUT2D eigenvalue weighted by molar-refractivity contribution is 5.69. The molecule has 2 aliphatic heterocycles. The van der Waals surface area contributed by atoms with Gasteiger partial charge in [-0.2, -0.15) is 0 Å². The molecule has 20 heavy (non-hydrogen) atoms. The highest BCUT2D eigenvalue weighted by atomic mass is 16.6. The molecule has 0 aromatic rings. The van der Waals surface area contributed by atoms with Crippen LogP contribution in [0, 0.1) is 11.8 Å². The van der Waals surface area contributed by atoms with Crippen molar-refractivity contribution in [2.75, 3.05) is 0 Å². The van der Waals surface area contributed by atoms with E-state index >= 15 is 0 Å². The molecule has 0 spiro atoms. The lowest BCUT2D eigenvalue weighted by molar-refractivity contribution is -0.00244. The SMILES string of the molecule is CCC(CC)C1CC2CCC(C1)N2C(=O)OC(C)(C)C. The molecule has 2 aliphatic rings. The second-order valence-corrected chi connectivity index (χ2v) is 7.58. The van der Waals surface area contributed by atoms with Gasteiger partial charge < -0.3 is 9.64 Å². The van der Waals surface area contributed by atoms with E-state index in [4.69, 9.17) is 4.74 Å². The van der Waals surface area contributed by atoms with E-state index in [0.29, 0.717) is 12.1 Å². The molecule has 116 valence electrons. The second-order valence-electron chi connectivity index (χ2n) is 7.58. The molecule has 1 amide bonds. The molecule has 0 N–H and O–H groups in total. The summed E-state index contributed by atoms with van der Waals surface area (Å²) in [6.45, 7) is 10.4. The minimum atomic E-state index is -0.386. The summed E-state index contributed by atoms with van der Waals surface area (Å²) in [5, 5.41) is 0. The van der Waals surface area contributed by atoms with Crippen molar-refractivity contribution >= 4 is 6.09 Å². The van der Waals surface area contributed by atoms with Gasteiger partial charge in [0.25, 0.3) is 0 Å². The van der Waals surface area contributed by atoms with Gasteiger partial charge in [-0.05, 0) is 58.3 Å². The molecule has 2 saturated heterocycles. The highest BCUT2D eigenvalue weighted by Gasteiger charge is 2.45. The van der Waals surface area contributed by atoms with Gasteiger partial charge in [-0.25, -0.2) is 4.79 Å². The number of nitrogens with zero attached hydrogens (tertiary/aromatic N) is 1. The molecule has 0 aromatic carbocycles. The van der Waals surface area contributed by atoms with Crippen LogP contribution < -0.4 is 0 Å². The molecule has 2 rings (SSSR count). The quantitative estimate of drug-likeness (QED) is 0.756. The summed E-state index contributed by atoms with van der Waals surface area (Å²) in [4.78, 5) is 14.5. The average molecular weight is 281 g/mol. The topological polar surface area (TPSA) is 29.5 Å². The van der Waals surface area contributed by atoms with Crippen LogP contribution in [0.2, 0.25) is 0 Å². The zero-order chi connectivity index (χ0) is 14.9. The van der Waals surface area contributed by atoms with Gasteiger partial charge in [0.1, 0.15) is 5.60 Å². The number of fused-ring (bicyclic) bond motifs is 2. The summed E-state index contributed by atoms with van der Waals surface area (Å²) < 4.78 is 5.59. The Balaban J connectivity index is 2.02. The molecular formula is C17H31NO2. The van der Waals surface area contributed by atoms with Gasteiger partial charge in [0.05, 0.1) is 0 Å². The average Bonchev–Trinajstić information content (AvgIpc) is 2.61. The smallest absolute Gasteiger partial charge is 0.410 e. The van der Waals surface area contributed by atoms with E-state index in [9.17, 15) is 4.79 Å². The lowest BCUT2D eigenvalue weighted by Crippen LogP contribution is -2.49. The molecule has 0 saturated carbocycles. The minimum Gasteiger partial charge on any atom is -0.444 e. The maximum atomic E-state index is 12.4. The summed E-state index contributed by atoms with van der Waals surface area (Å²) in [7, 11) is 0. The highest BCUT2D eigenvalue weighted by Crippen LogP contribution is 2.43. The van der Waals surface area contributed by atoms with Gasteiger partial charge in [-0.15, -0.1) is 0 Å². The minimum absolute atomic E-state index is 0.0898. The molecule has 0 aromatic heterocycles. The number of carbonyl (C=O) groups excluding carboxylic acids is 1. The lowest BCUT2D eigenvalue weighted by Gasteiger charge is -2.41. The first-order chi connectivity index (χ1) is 9.35. The predicted octanol–water partition coefficient (Wildman–Crippen LogP) is 4.60. The van der Waals surface area contributed by atoms with Crippen LogP contribution in [-0.2, 0) is 4.74 Å². The Bertz CT molecular complexity index is 329. The summed E-state index contributed by atoms with van der Waals surface area (Å²) in [6.07, 6.45) is 7.15. The number of rotatable bonds is 3. The molecule has 3 nitrogen and oxygen atoms in total. The van der Waals surface area contributed by atoms with E-state index < -0.39 is 0 Å². The van der Waals surface area contributed by atoms with Crippen LogP contribution in [0.3, 0.4) is 0 Å². The first kappa shape index (κ1) is 15.7. The number of piperidine rings is 1. The molecule has 0 aliphatic carbocycles. The normalized spacial score (nSPS) is 29.9. The number of carbonyl (C=O) groups is 1. The monoisotopic (exact) mass is 281 g/mol. The Morgan fingerprint density at radius 2 is 1.65 bits per heavy atom. The van der Waals surface area contributed by atoms with E-state index in [1.54, 1.807) is 0 Å². The van der Waals surface area contributed by atoms with Crippen molar-refractivity contribution in [2.24, 2.45) is 11.8 Å². The van der Waals surface area contributed by atoms with Crippen LogP contribution in [0.5, 0.6) is 0 Å². The van der Waals surface area contributed by atoms with Crippen molar-refractivity contribution in [1.82, 2.24) is 4.90 Å². The fraction of sp³-hybridized carbons (Fsp3) is 0.941. The van der Waals surface area contributed by atoms with Crippen molar-refractivity contribution < 1.29 is 9.53 Å². The maximum absolute atomic E-state index is 12.4. The second kappa shape index (κ2) is 5.95. The molecule has 0 radical (unpaired) electrons. The van der Waals surface area contributed by atoms with Gasteiger partial charge in [0.2, 0.25) is 0 Å². The summed E-state index contributed by atoms with van der Waals surface area (Å²) in [5.41, 5.74) is -0.386. The van der Waals surface area contributed by atoms with Crippen molar-refractivity contribution in [1.29, 1.82) is 0 Å². The largest absolute Gasteiger partial charge is 0.444 e. The standard InChI is InChI=1S/C17H31NO2/c1-6-12(7-2)13-10-14-8-9-15(11-13)18(14)16(19)20-17(3,4)5/h12-15H,6-11H2,1-5H3. The summed E-state index contributed by atoms with van der Waals surface area (Å²) in [5.74, 6) is 1.64. The van der Waals surface area contributed by atoms with Gasteiger partial charge in [0, 0.05) is 12.1 Å². The molecule has 3 heteroatoms. The van der Waals surface area contributed by atoms with Gasteiger partial charge >= 0.3 is 6.09 Å². The van der Waals surface area contributed by atoms with E-state index in [0.717, 1.165) is 11.8 Å². The number of ether oxygens (including phenoxy) is 1. The van der Waals surface area contributed by atoms with Gasteiger partial charge in [0.15, 0.2) is 0 Å². The van der Waals surface area contributed by atoms with Crippen LogP contribution in [0.4, 0.5) is 4.79 Å². The molecule has 2 unspecified atom stereocenters. The van der Waals surface area contributed by atoms with E-state index in [1.807, 2.05) is 20.8 Å². The van der Waals surface area contributed by atoms with Crippen molar-refractivity contribution in [3.05, 3.63) is 0 Å². The van der Waals surface area contributed by atoms with Crippen LogP contribution in [0.1, 0.15) is 73.1 Å². The predicted molar refractivity (Wildman–Crippen MR) is 81.7 cm³/mol. The molecular weight excluding hydrogens is 250 g/mol. The van der Waals surface area contributed by atoms with Crippen molar-refractivity contribution in [3.63, 3.8) is 0 Å². The van der Waals surface area contributed by atoms with Crippen LogP contribution in [0.25, 0.3) is 0 Å².